The van der Waals surface area contributed by atoms with Gasteiger partial charge in [0.15, 0.2) is 0 Å². The second-order valence-corrected chi connectivity index (χ2v) is 2.62. The van der Waals surface area contributed by atoms with Crippen molar-refractivity contribution < 1.29 is 0 Å². The number of hydrogen-bond acceptors (Lipinski definition) is 4. The number of nitrogens with one attached hydrogen (secondary N) is 2. The Morgan fingerprint density at radius 1 is 1.50 bits per heavy atom. The van der Waals surface area contributed by atoms with Crippen LogP contribution in [-0.2, 0) is 0 Å². The van der Waals surface area contributed by atoms with Gasteiger partial charge >= 0.3 is 5.69 Å². The van der Waals surface area contributed by atoms with E-state index in [0.29, 0.717) is 12.4 Å². The Morgan fingerprint density at radius 3 is 2.83 bits per heavy atom. The quantitative estimate of drug-likeness (QED) is 0.709. The molecule has 1 aromatic heterocycles. The molecular formula is C5H6Cl2N4O. The van der Waals surface area contributed by atoms with Gasteiger partial charge in [0, 0.05) is 12.4 Å². The zero-order valence-corrected chi connectivity index (χ0v) is 7.48. The minimum absolute atomic E-state index is 0.00655. The van der Waals surface area contributed by atoms with Crippen molar-refractivity contribution in [2.75, 3.05) is 17.7 Å². The van der Waals surface area contributed by atoms with Crippen molar-refractivity contribution in [3.63, 3.8) is 0 Å². The van der Waals surface area contributed by atoms with Gasteiger partial charge in [-0.25, -0.2) is 4.79 Å². The Bertz CT molecular complexity index is 313. The maximum atomic E-state index is 10.7. The van der Waals surface area contributed by atoms with Crippen LogP contribution < -0.4 is 11.0 Å². The highest BCUT2D eigenvalue weighted by molar-refractivity contribution is 6.28. The van der Waals surface area contributed by atoms with E-state index in [1.165, 1.54) is 0 Å². The number of alkyl halides is 1. The molecule has 66 valence electrons. The number of anilines is 1. The number of aromatic amines is 1. The highest BCUT2D eigenvalue weighted by Gasteiger charge is 1.98. The summed E-state index contributed by atoms with van der Waals surface area (Å²) in [6, 6.07) is 0. The summed E-state index contributed by atoms with van der Waals surface area (Å²) in [6.07, 6.45) is 0. The second-order valence-electron chi connectivity index (χ2n) is 1.88. The van der Waals surface area contributed by atoms with Crippen molar-refractivity contribution in [2.24, 2.45) is 0 Å². The average molecular weight is 209 g/mol. The fourth-order valence-electron chi connectivity index (χ4n) is 0.596. The molecule has 0 unspecified atom stereocenters. The van der Waals surface area contributed by atoms with E-state index in [4.69, 9.17) is 23.2 Å². The van der Waals surface area contributed by atoms with Crippen LogP contribution >= 0.6 is 23.2 Å². The van der Waals surface area contributed by atoms with Crippen LogP contribution in [0.4, 0.5) is 5.95 Å². The predicted octanol–water partition coefficient (Wildman–Crippen LogP) is 0.469. The first kappa shape index (κ1) is 9.28. The number of halogens is 2. The fourth-order valence-corrected chi connectivity index (χ4v) is 0.852. The van der Waals surface area contributed by atoms with Crippen LogP contribution in [0.25, 0.3) is 0 Å². The largest absolute Gasteiger partial charge is 0.353 e. The zero-order valence-electron chi connectivity index (χ0n) is 5.97. The lowest BCUT2D eigenvalue weighted by Gasteiger charge is -1.99. The Kier molecular flexibility index (Phi) is 3.31. The van der Waals surface area contributed by atoms with E-state index in [1.807, 2.05) is 0 Å². The Labute approximate surface area is 78.1 Å². The third-order valence-electron chi connectivity index (χ3n) is 0.999. The molecule has 0 fully saturated rings. The summed E-state index contributed by atoms with van der Waals surface area (Å²) in [4.78, 5) is 20.1. The lowest BCUT2D eigenvalue weighted by Crippen LogP contribution is -2.16. The molecule has 1 rings (SSSR count). The molecule has 2 N–H and O–H groups in total. The molecule has 0 spiro atoms. The number of aromatic nitrogens is 3. The van der Waals surface area contributed by atoms with Crippen molar-refractivity contribution in [2.45, 2.75) is 0 Å². The highest BCUT2D eigenvalue weighted by atomic mass is 35.5. The van der Waals surface area contributed by atoms with Gasteiger partial charge in [0.1, 0.15) is 0 Å². The smallest absolute Gasteiger partial charge is 0.350 e. The molecule has 1 heterocycles. The fraction of sp³-hybridized carbons (Fsp3) is 0.400. The average Bonchev–Trinajstić information content (AvgIpc) is 1.99. The summed E-state index contributed by atoms with van der Waals surface area (Å²) in [6.45, 7) is 0.487. The van der Waals surface area contributed by atoms with Crippen LogP contribution in [0.15, 0.2) is 4.79 Å². The summed E-state index contributed by atoms with van der Waals surface area (Å²) in [5.74, 6) is 0.595. The molecule has 0 saturated carbocycles. The van der Waals surface area contributed by atoms with Gasteiger partial charge in [0.05, 0.1) is 0 Å². The molecule has 0 aliphatic carbocycles. The molecule has 12 heavy (non-hydrogen) atoms. The predicted molar refractivity (Wildman–Crippen MR) is 46.9 cm³/mol. The first-order valence-corrected chi connectivity index (χ1v) is 4.07. The van der Waals surface area contributed by atoms with E-state index >= 15 is 0 Å². The standard InChI is InChI=1S/C5H6Cl2N4O/c6-1-2-8-4-9-3(7)10-5(12)11-4/h1-2H2,(H2,8,9,10,11,12). The summed E-state index contributed by atoms with van der Waals surface area (Å²) in [5.41, 5.74) is -0.535. The van der Waals surface area contributed by atoms with Gasteiger partial charge in [-0.05, 0) is 11.6 Å². The van der Waals surface area contributed by atoms with Gasteiger partial charge in [-0.1, -0.05) is 0 Å². The lowest BCUT2D eigenvalue weighted by molar-refractivity contribution is 0.971. The van der Waals surface area contributed by atoms with Crippen LogP contribution in [0.2, 0.25) is 5.28 Å². The zero-order chi connectivity index (χ0) is 8.97. The van der Waals surface area contributed by atoms with E-state index in [0.717, 1.165) is 0 Å². The number of rotatable bonds is 3. The summed E-state index contributed by atoms with van der Waals surface area (Å²) < 4.78 is 0. The summed E-state index contributed by atoms with van der Waals surface area (Å²) in [5, 5.41) is 2.72. The van der Waals surface area contributed by atoms with Crippen molar-refractivity contribution in [3.8, 4) is 0 Å². The number of H-pyrrole nitrogens is 1. The SMILES string of the molecule is O=c1nc(NCCCl)nc(Cl)[nH]1. The van der Waals surface area contributed by atoms with Crippen LogP contribution in [0, 0.1) is 0 Å². The van der Waals surface area contributed by atoms with Crippen LogP contribution in [0.3, 0.4) is 0 Å². The normalized spacial score (nSPS) is 9.83. The van der Waals surface area contributed by atoms with Gasteiger partial charge in [-0.3, -0.25) is 4.98 Å². The molecule has 0 aliphatic heterocycles. The van der Waals surface area contributed by atoms with Crippen molar-refractivity contribution >= 4 is 29.2 Å². The van der Waals surface area contributed by atoms with Crippen molar-refractivity contribution in [3.05, 3.63) is 15.8 Å². The maximum Gasteiger partial charge on any atom is 0.350 e. The van der Waals surface area contributed by atoms with E-state index in [2.05, 4.69) is 20.3 Å². The van der Waals surface area contributed by atoms with Gasteiger partial charge in [-0.2, -0.15) is 9.97 Å². The van der Waals surface area contributed by atoms with E-state index in [1.54, 1.807) is 0 Å². The minimum Gasteiger partial charge on any atom is -0.353 e. The molecular weight excluding hydrogens is 203 g/mol. The first-order valence-electron chi connectivity index (χ1n) is 3.16. The summed E-state index contributed by atoms with van der Waals surface area (Å²) in [7, 11) is 0. The van der Waals surface area contributed by atoms with E-state index in [-0.39, 0.29) is 11.2 Å². The highest BCUT2D eigenvalue weighted by Crippen LogP contribution is 1.98. The van der Waals surface area contributed by atoms with Crippen molar-refractivity contribution in [1.29, 1.82) is 0 Å². The Balaban J connectivity index is 2.79. The maximum absolute atomic E-state index is 10.7. The molecule has 0 bridgehead atoms. The van der Waals surface area contributed by atoms with Gasteiger partial charge in [-0.15, -0.1) is 11.6 Å². The third kappa shape index (κ3) is 2.67. The molecule has 0 amide bonds. The number of nitrogens with zero attached hydrogens (tertiary/aromatic N) is 2. The van der Waals surface area contributed by atoms with Gasteiger partial charge < -0.3 is 5.32 Å². The number of hydrogen-bond donors (Lipinski definition) is 2. The minimum atomic E-state index is -0.535. The Morgan fingerprint density at radius 2 is 2.25 bits per heavy atom. The summed E-state index contributed by atoms with van der Waals surface area (Å²) >= 11 is 10.8. The monoisotopic (exact) mass is 208 g/mol. The van der Waals surface area contributed by atoms with E-state index < -0.39 is 5.69 Å². The lowest BCUT2D eigenvalue weighted by atomic mass is 10.7. The molecule has 0 saturated heterocycles. The molecule has 0 atom stereocenters. The van der Waals surface area contributed by atoms with Crippen LogP contribution in [0.1, 0.15) is 0 Å². The Hall–Kier alpha value is -0.810. The van der Waals surface area contributed by atoms with Crippen molar-refractivity contribution in [1.82, 2.24) is 15.0 Å². The second kappa shape index (κ2) is 4.27. The third-order valence-corrected chi connectivity index (χ3v) is 1.37. The molecule has 5 nitrogen and oxygen atoms in total. The first-order chi connectivity index (χ1) is 5.72. The molecule has 0 radical (unpaired) electrons. The van der Waals surface area contributed by atoms with Crippen LogP contribution in [0.5, 0.6) is 0 Å². The van der Waals surface area contributed by atoms with E-state index in [9.17, 15) is 4.79 Å². The van der Waals surface area contributed by atoms with Gasteiger partial charge in [0.2, 0.25) is 11.2 Å². The molecule has 0 aromatic carbocycles. The van der Waals surface area contributed by atoms with Gasteiger partial charge in [0.25, 0.3) is 0 Å². The molecule has 0 aliphatic rings. The molecule has 7 heteroatoms. The van der Waals surface area contributed by atoms with Crippen LogP contribution in [-0.4, -0.2) is 27.4 Å². The molecule has 1 aromatic rings. The topological polar surface area (TPSA) is 70.7 Å².